The molecule has 0 aliphatic rings. The van der Waals surface area contributed by atoms with E-state index in [9.17, 15) is 12.8 Å². The van der Waals surface area contributed by atoms with Gasteiger partial charge in [-0.3, -0.25) is 0 Å². The number of hydrogen-bond acceptors (Lipinski definition) is 9. The maximum atomic E-state index is 14.8. The van der Waals surface area contributed by atoms with Crippen molar-refractivity contribution in [3.63, 3.8) is 0 Å². The molecule has 0 atom stereocenters. The molecule has 2 aromatic heterocycles. The predicted molar refractivity (Wildman–Crippen MR) is 139 cm³/mol. The van der Waals surface area contributed by atoms with E-state index in [1.807, 2.05) is 0 Å². The average molecular weight is 525 g/mol. The number of nitrogens with two attached hydrogens (primary N) is 1. The molecule has 0 radical (unpaired) electrons. The molecule has 0 unspecified atom stereocenters. The lowest BCUT2D eigenvalue weighted by Crippen LogP contribution is -2.19. The average Bonchev–Trinajstić information content (AvgIpc) is 3.34. The summed E-state index contributed by atoms with van der Waals surface area (Å²) in [7, 11) is -3.40. The minimum absolute atomic E-state index is 0.0102. The molecule has 0 bridgehead atoms. The van der Waals surface area contributed by atoms with Gasteiger partial charge in [0.1, 0.15) is 5.82 Å². The van der Waals surface area contributed by atoms with Crippen LogP contribution in [0.3, 0.4) is 0 Å². The Hall–Kier alpha value is -3.70. The van der Waals surface area contributed by atoms with Gasteiger partial charge in [-0.1, -0.05) is 32.0 Å². The highest BCUT2D eigenvalue weighted by Gasteiger charge is 2.21. The fraction of sp³-hybridized carbons (Fsp3) is 0.308. The second kappa shape index (κ2) is 10.7. The zero-order chi connectivity index (χ0) is 26.7. The van der Waals surface area contributed by atoms with E-state index in [0.717, 1.165) is 12.1 Å². The van der Waals surface area contributed by atoms with Gasteiger partial charge in [-0.25, -0.2) is 22.8 Å². The fourth-order valence-corrected chi connectivity index (χ4v) is 4.62. The third kappa shape index (κ3) is 5.83. The first-order chi connectivity index (χ1) is 17.6. The van der Waals surface area contributed by atoms with Crippen molar-refractivity contribution in [3.8, 4) is 34.3 Å². The number of anilines is 1. The minimum Gasteiger partial charge on any atom is -0.414 e. The predicted octanol–water partition coefficient (Wildman–Crippen LogP) is 4.51. The summed E-state index contributed by atoms with van der Waals surface area (Å²) in [6.07, 6.45) is 1.47. The van der Waals surface area contributed by atoms with Crippen LogP contribution in [0.1, 0.15) is 33.3 Å². The summed E-state index contributed by atoms with van der Waals surface area (Å²) < 4.78 is 45.3. The summed E-state index contributed by atoms with van der Waals surface area (Å²) in [5, 5.41) is 10.7. The van der Waals surface area contributed by atoms with Gasteiger partial charge < -0.3 is 15.5 Å². The molecule has 0 spiro atoms. The lowest BCUT2D eigenvalue weighted by atomic mass is 10.1. The van der Waals surface area contributed by atoms with E-state index in [1.165, 1.54) is 24.4 Å². The third-order valence-electron chi connectivity index (χ3n) is 5.67. The van der Waals surface area contributed by atoms with Crippen molar-refractivity contribution in [2.75, 3.05) is 12.3 Å². The zero-order valence-electron chi connectivity index (χ0n) is 21.1. The van der Waals surface area contributed by atoms with Gasteiger partial charge in [-0.05, 0) is 56.1 Å². The number of rotatable bonds is 9. The number of halogens is 1. The summed E-state index contributed by atoms with van der Waals surface area (Å²) in [4.78, 5) is 8.89. The molecule has 11 heteroatoms. The van der Waals surface area contributed by atoms with Gasteiger partial charge in [0.25, 0.3) is 11.8 Å². The molecular weight excluding hydrogens is 495 g/mol. The molecule has 37 heavy (non-hydrogen) atoms. The van der Waals surface area contributed by atoms with Crippen LogP contribution in [-0.2, 0) is 16.4 Å². The molecule has 0 fully saturated rings. The van der Waals surface area contributed by atoms with Crippen LogP contribution in [0.25, 0.3) is 34.3 Å². The van der Waals surface area contributed by atoms with E-state index in [4.69, 9.17) is 10.2 Å². The van der Waals surface area contributed by atoms with Gasteiger partial charge in [-0.2, -0.15) is 0 Å². The van der Waals surface area contributed by atoms with Gasteiger partial charge in [0.15, 0.2) is 21.3 Å². The van der Waals surface area contributed by atoms with E-state index >= 15 is 0 Å². The Morgan fingerprint density at radius 2 is 1.73 bits per heavy atom. The number of benzene rings is 2. The van der Waals surface area contributed by atoms with E-state index in [-0.39, 0.29) is 33.8 Å². The Bertz CT molecular complexity index is 1500. The summed E-state index contributed by atoms with van der Waals surface area (Å²) in [5.41, 5.74) is 8.19. The number of nitrogens with one attached hydrogen (secondary N) is 1. The van der Waals surface area contributed by atoms with E-state index in [0.29, 0.717) is 23.7 Å². The lowest BCUT2D eigenvalue weighted by molar-refractivity contribution is 0.548. The fourth-order valence-electron chi connectivity index (χ4n) is 3.56. The quantitative estimate of drug-likeness (QED) is 0.324. The first-order valence-electron chi connectivity index (χ1n) is 11.9. The Kier molecular flexibility index (Phi) is 7.65. The molecule has 2 heterocycles. The van der Waals surface area contributed by atoms with Gasteiger partial charge in [0, 0.05) is 12.1 Å². The number of sulfone groups is 1. The summed E-state index contributed by atoms with van der Waals surface area (Å²) in [6.45, 7) is 8.85. The number of aromatic nitrogens is 4. The maximum absolute atomic E-state index is 14.8. The summed E-state index contributed by atoms with van der Waals surface area (Å²) >= 11 is 0. The smallest absolute Gasteiger partial charge is 0.270 e. The number of hydrogen-bond donors (Lipinski definition) is 2. The highest BCUT2D eigenvalue weighted by atomic mass is 32.2. The number of nitrogen functional groups attached to an aromatic ring is 1. The molecule has 194 valence electrons. The second-order valence-electron chi connectivity index (χ2n) is 9.36. The molecule has 4 aromatic rings. The third-order valence-corrected chi connectivity index (χ3v) is 7.84. The van der Waals surface area contributed by atoms with Gasteiger partial charge in [0.2, 0.25) is 0 Å². The van der Waals surface area contributed by atoms with Gasteiger partial charge >= 0.3 is 0 Å². The summed E-state index contributed by atoms with van der Waals surface area (Å²) in [6, 6.07) is 11.2. The first kappa shape index (κ1) is 26.4. The highest BCUT2D eigenvalue weighted by Crippen LogP contribution is 2.30. The largest absolute Gasteiger partial charge is 0.414 e. The highest BCUT2D eigenvalue weighted by molar-refractivity contribution is 7.92. The van der Waals surface area contributed by atoms with Gasteiger partial charge in [-0.15, -0.1) is 10.2 Å². The van der Waals surface area contributed by atoms with Crippen LogP contribution in [0.5, 0.6) is 0 Å². The second-order valence-corrected chi connectivity index (χ2v) is 11.9. The van der Waals surface area contributed by atoms with Crippen LogP contribution in [0.4, 0.5) is 10.2 Å². The van der Waals surface area contributed by atoms with Crippen LogP contribution in [-0.4, -0.2) is 40.4 Å². The molecule has 0 aliphatic carbocycles. The van der Waals surface area contributed by atoms with Crippen LogP contribution in [0, 0.1) is 11.7 Å². The zero-order valence-corrected chi connectivity index (χ0v) is 21.9. The van der Waals surface area contributed by atoms with Crippen molar-refractivity contribution in [2.24, 2.45) is 5.92 Å². The van der Waals surface area contributed by atoms with Crippen molar-refractivity contribution in [2.45, 2.75) is 44.4 Å². The Morgan fingerprint density at radius 3 is 2.38 bits per heavy atom. The van der Waals surface area contributed by atoms with Crippen LogP contribution in [0.2, 0.25) is 0 Å². The van der Waals surface area contributed by atoms with Crippen molar-refractivity contribution in [1.29, 1.82) is 0 Å². The molecule has 9 nitrogen and oxygen atoms in total. The van der Waals surface area contributed by atoms with Crippen LogP contribution >= 0.6 is 0 Å². The monoisotopic (exact) mass is 524 g/mol. The molecule has 0 aliphatic heterocycles. The Morgan fingerprint density at radius 1 is 1.03 bits per heavy atom. The van der Waals surface area contributed by atoms with Gasteiger partial charge in [0.05, 0.1) is 27.6 Å². The lowest BCUT2D eigenvalue weighted by Gasteiger charge is -2.09. The standard InChI is InChI=1S/C26H29FN6O3S/c1-15(2)12-29-13-17-5-10-20(21(27)11-17)25-32-33-26(36-25)23-24(28)30-14-22(31-23)18-6-8-19(9-7-18)37(34,35)16(3)4/h5-11,14-16,29H,12-13H2,1-4H3,(H2,28,30). The maximum Gasteiger partial charge on any atom is 0.270 e. The van der Waals surface area contributed by atoms with Crippen molar-refractivity contribution in [3.05, 3.63) is 60.0 Å². The normalized spacial score (nSPS) is 12.0. The molecular formula is C26H29FN6O3S. The Balaban J connectivity index is 1.58. The summed E-state index contributed by atoms with van der Waals surface area (Å²) in [5.74, 6) is 0.0515. The molecule has 2 aromatic carbocycles. The number of nitrogens with zero attached hydrogens (tertiary/aromatic N) is 4. The van der Waals surface area contributed by atoms with Crippen molar-refractivity contribution in [1.82, 2.24) is 25.5 Å². The minimum atomic E-state index is -3.40. The Labute approximate surface area is 215 Å². The van der Waals surface area contributed by atoms with Crippen molar-refractivity contribution >= 4 is 15.7 Å². The van der Waals surface area contributed by atoms with Crippen molar-refractivity contribution < 1.29 is 17.2 Å². The SMILES string of the molecule is CC(C)CNCc1ccc(-c2nnc(-c3nc(-c4ccc(S(=O)(=O)C(C)C)cc4)cnc3N)o2)c(F)c1. The topological polar surface area (TPSA) is 137 Å². The molecule has 4 rings (SSSR count). The molecule has 0 saturated heterocycles. The van der Waals surface area contributed by atoms with Crippen LogP contribution in [0.15, 0.2) is 58.0 Å². The molecule has 0 saturated carbocycles. The molecule has 3 N–H and O–H groups in total. The molecule has 0 amide bonds. The van der Waals surface area contributed by atoms with Crippen LogP contribution < -0.4 is 11.1 Å². The van der Waals surface area contributed by atoms with E-state index < -0.39 is 20.9 Å². The first-order valence-corrected chi connectivity index (χ1v) is 13.4. The van der Waals surface area contributed by atoms with E-state index in [1.54, 1.807) is 38.1 Å². The van der Waals surface area contributed by atoms with E-state index in [2.05, 4.69) is 39.3 Å².